The van der Waals surface area contributed by atoms with Gasteiger partial charge in [-0.25, -0.2) is 0 Å². The largest absolute Gasteiger partial charge is 0.326 e. The monoisotopic (exact) mass is 329 g/mol. The van der Waals surface area contributed by atoms with Crippen LogP contribution in [-0.4, -0.2) is 16.5 Å². The van der Waals surface area contributed by atoms with E-state index in [0.717, 1.165) is 16.1 Å². The Morgan fingerprint density at radius 3 is 2.57 bits per heavy atom. The second-order valence-electron chi connectivity index (χ2n) is 6.17. The van der Waals surface area contributed by atoms with E-state index in [0.29, 0.717) is 6.04 Å². The summed E-state index contributed by atoms with van der Waals surface area (Å²) in [5, 5.41) is 2.79. The van der Waals surface area contributed by atoms with E-state index in [1.54, 1.807) is 11.3 Å². The number of hydrogen-bond donors (Lipinski definition) is 1. The highest BCUT2D eigenvalue weighted by Crippen LogP contribution is 2.24. The Hall–Kier alpha value is -1.88. The van der Waals surface area contributed by atoms with Gasteiger partial charge in [-0.05, 0) is 30.5 Å². The van der Waals surface area contributed by atoms with E-state index in [4.69, 9.17) is 4.99 Å². The third-order valence-corrected chi connectivity index (χ3v) is 5.31. The Kier molecular flexibility index (Phi) is 4.96. The average Bonchev–Trinajstić information content (AvgIpc) is 2.89. The second-order valence-corrected chi connectivity index (χ2v) is 7.18. The van der Waals surface area contributed by atoms with Gasteiger partial charge in [0.2, 0.25) is 5.91 Å². The fraction of sp³-hybridized carbons (Fsp3) is 0.444. The molecule has 0 radical (unpaired) electrons. The molecule has 0 spiro atoms. The summed E-state index contributed by atoms with van der Waals surface area (Å²) in [6, 6.07) is 8.45. The quantitative estimate of drug-likeness (QED) is 0.911. The van der Waals surface area contributed by atoms with Crippen LogP contribution in [0.5, 0.6) is 0 Å². The van der Waals surface area contributed by atoms with Crippen molar-refractivity contribution in [3.8, 4) is 10.4 Å². The molecule has 5 heteroatoms. The van der Waals surface area contributed by atoms with Crippen molar-refractivity contribution in [3.05, 3.63) is 35.3 Å². The van der Waals surface area contributed by atoms with Crippen LogP contribution in [0.15, 0.2) is 35.5 Å². The number of aryl methyl sites for hydroxylation is 1. The van der Waals surface area contributed by atoms with Crippen molar-refractivity contribution in [2.75, 3.05) is 5.32 Å². The lowest BCUT2D eigenvalue weighted by Crippen LogP contribution is -2.17. The van der Waals surface area contributed by atoms with Crippen LogP contribution in [0.25, 0.3) is 10.4 Å². The summed E-state index contributed by atoms with van der Waals surface area (Å²) in [6.07, 6.45) is 8.55. The number of amides is 1. The number of carbonyl (C=O) groups excluding carboxylic acids is 1. The minimum atomic E-state index is -0.0474. The molecule has 1 N–H and O–H groups in total. The number of nitrogens with zero attached hydrogens (tertiary/aromatic N) is 2. The highest BCUT2D eigenvalue weighted by molar-refractivity contribution is 7.12. The van der Waals surface area contributed by atoms with E-state index in [2.05, 4.69) is 23.1 Å². The van der Waals surface area contributed by atoms with Gasteiger partial charge in [-0.1, -0.05) is 42.7 Å². The van der Waals surface area contributed by atoms with Gasteiger partial charge in [0.15, 0.2) is 4.80 Å². The topological polar surface area (TPSA) is 46.4 Å². The van der Waals surface area contributed by atoms with Crippen molar-refractivity contribution in [1.29, 1.82) is 0 Å². The highest BCUT2D eigenvalue weighted by atomic mass is 32.1. The smallest absolute Gasteiger partial charge is 0.221 e. The first-order valence-electron chi connectivity index (χ1n) is 8.20. The predicted molar refractivity (Wildman–Crippen MR) is 95.5 cm³/mol. The lowest BCUT2D eigenvalue weighted by Gasteiger charge is -2.16. The molecule has 1 saturated carbocycles. The molecule has 0 unspecified atom stereocenters. The lowest BCUT2D eigenvalue weighted by atomic mass is 9.96. The Balaban J connectivity index is 1.82. The first-order valence-corrected chi connectivity index (χ1v) is 9.02. The molecule has 1 heterocycles. The van der Waals surface area contributed by atoms with Crippen LogP contribution in [0, 0.1) is 0 Å². The second kappa shape index (κ2) is 7.13. The molecule has 1 aromatic heterocycles. The molecule has 122 valence electrons. The molecule has 1 amide bonds. The Morgan fingerprint density at radius 2 is 1.91 bits per heavy atom. The van der Waals surface area contributed by atoms with Gasteiger partial charge >= 0.3 is 0 Å². The first-order chi connectivity index (χ1) is 11.1. The zero-order chi connectivity index (χ0) is 16.2. The van der Waals surface area contributed by atoms with Crippen LogP contribution in [0.3, 0.4) is 0 Å². The highest BCUT2D eigenvalue weighted by Gasteiger charge is 2.12. The maximum absolute atomic E-state index is 11.1. The van der Waals surface area contributed by atoms with Gasteiger partial charge < -0.3 is 9.88 Å². The number of nitrogens with one attached hydrogen (secondary N) is 1. The predicted octanol–water partition coefficient (Wildman–Crippen LogP) is 3.95. The number of benzene rings is 1. The zero-order valence-electron chi connectivity index (χ0n) is 13.7. The third-order valence-electron chi connectivity index (χ3n) is 4.17. The maximum atomic E-state index is 11.1. The number of thiazole rings is 1. The average molecular weight is 329 g/mol. The van der Waals surface area contributed by atoms with E-state index in [-0.39, 0.29) is 5.91 Å². The van der Waals surface area contributed by atoms with Crippen LogP contribution in [0.4, 0.5) is 5.69 Å². The van der Waals surface area contributed by atoms with Gasteiger partial charge in [0.25, 0.3) is 0 Å². The van der Waals surface area contributed by atoms with Gasteiger partial charge in [0.1, 0.15) is 0 Å². The summed E-state index contributed by atoms with van der Waals surface area (Å²) in [5.41, 5.74) is 1.99. The fourth-order valence-electron chi connectivity index (χ4n) is 2.97. The van der Waals surface area contributed by atoms with Crippen LogP contribution in [0.2, 0.25) is 0 Å². The van der Waals surface area contributed by atoms with Gasteiger partial charge in [0, 0.05) is 25.9 Å². The number of hydrogen-bond acceptors (Lipinski definition) is 3. The zero-order valence-corrected chi connectivity index (χ0v) is 14.5. The van der Waals surface area contributed by atoms with Crippen molar-refractivity contribution in [3.63, 3.8) is 0 Å². The van der Waals surface area contributed by atoms with Crippen molar-refractivity contribution in [1.82, 2.24) is 4.57 Å². The normalized spacial score (nSPS) is 16.5. The van der Waals surface area contributed by atoms with Crippen LogP contribution < -0.4 is 10.1 Å². The number of rotatable bonds is 3. The minimum Gasteiger partial charge on any atom is -0.326 e. The van der Waals surface area contributed by atoms with Gasteiger partial charge in [-0.2, -0.15) is 0 Å². The molecular formula is C18H23N3OS. The van der Waals surface area contributed by atoms with E-state index in [9.17, 15) is 4.79 Å². The minimum absolute atomic E-state index is 0.0474. The summed E-state index contributed by atoms with van der Waals surface area (Å²) < 4.78 is 2.12. The summed E-state index contributed by atoms with van der Waals surface area (Å²) in [6.45, 7) is 1.52. The molecular weight excluding hydrogens is 306 g/mol. The molecule has 3 rings (SSSR count). The molecule has 4 nitrogen and oxygen atoms in total. The third kappa shape index (κ3) is 4.10. The van der Waals surface area contributed by atoms with E-state index in [1.165, 1.54) is 43.9 Å². The van der Waals surface area contributed by atoms with Crippen LogP contribution in [0.1, 0.15) is 39.0 Å². The summed E-state index contributed by atoms with van der Waals surface area (Å²) in [4.78, 5) is 18.3. The molecule has 2 aromatic rings. The SMILES string of the molecule is CC(=O)Nc1ccc(-c2cn(C)/c(=N/C3CCCCC3)s2)cc1. The molecule has 1 aliphatic rings. The summed E-state index contributed by atoms with van der Waals surface area (Å²) in [7, 11) is 2.06. The molecule has 1 aromatic carbocycles. The van der Waals surface area contributed by atoms with Crippen molar-refractivity contribution in [2.45, 2.75) is 45.1 Å². The Bertz CT molecular complexity index is 736. The summed E-state index contributed by atoms with van der Waals surface area (Å²) >= 11 is 1.73. The van der Waals surface area contributed by atoms with Crippen LogP contribution in [-0.2, 0) is 11.8 Å². The van der Waals surface area contributed by atoms with Crippen molar-refractivity contribution in [2.24, 2.45) is 12.0 Å². The van der Waals surface area contributed by atoms with Gasteiger partial charge in [0.05, 0.1) is 10.9 Å². The molecule has 1 fully saturated rings. The van der Waals surface area contributed by atoms with Gasteiger partial charge in [-0.15, -0.1) is 0 Å². The van der Waals surface area contributed by atoms with Crippen molar-refractivity contribution < 1.29 is 4.79 Å². The lowest BCUT2D eigenvalue weighted by molar-refractivity contribution is -0.114. The van der Waals surface area contributed by atoms with Crippen molar-refractivity contribution >= 4 is 22.9 Å². The van der Waals surface area contributed by atoms with E-state index < -0.39 is 0 Å². The molecule has 0 bridgehead atoms. The van der Waals surface area contributed by atoms with E-state index in [1.807, 2.05) is 24.3 Å². The van der Waals surface area contributed by atoms with Crippen LogP contribution >= 0.6 is 11.3 Å². The number of anilines is 1. The van der Waals surface area contributed by atoms with E-state index >= 15 is 0 Å². The maximum Gasteiger partial charge on any atom is 0.221 e. The standard InChI is InChI=1S/C18H23N3OS/c1-13(22)19-16-10-8-14(9-11-16)17-12-21(2)18(23-17)20-15-6-4-3-5-7-15/h8-12,15H,3-7H2,1-2H3,(H,19,22)/b20-18-. The molecule has 0 aliphatic heterocycles. The first kappa shape index (κ1) is 16.0. The fourth-order valence-corrected chi connectivity index (χ4v) is 4.03. The molecule has 23 heavy (non-hydrogen) atoms. The molecule has 0 saturated heterocycles. The number of carbonyl (C=O) groups is 1. The number of aromatic nitrogens is 1. The van der Waals surface area contributed by atoms with Gasteiger partial charge in [-0.3, -0.25) is 9.79 Å². The molecule has 0 atom stereocenters. The molecule has 1 aliphatic carbocycles. The Labute approximate surface area is 140 Å². The Morgan fingerprint density at radius 1 is 1.22 bits per heavy atom. The summed E-state index contributed by atoms with van der Waals surface area (Å²) in [5.74, 6) is -0.0474.